The summed E-state index contributed by atoms with van der Waals surface area (Å²) in [6, 6.07) is 9.90. The fourth-order valence-electron chi connectivity index (χ4n) is 3.40. The van der Waals surface area contributed by atoms with Crippen LogP contribution in [0.4, 0.5) is 0 Å². The molecule has 0 radical (unpaired) electrons. The van der Waals surface area contributed by atoms with Crippen LogP contribution in [0.3, 0.4) is 0 Å². The van der Waals surface area contributed by atoms with E-state index in [1.807, 2.05) is 40.2 Å². The zero-order chi connectivity index (χ0) is 17.4. The maximum Gasteiger partial charge on any atom is 0.290 e. The molecule has 0 aliphatic carbocycles. The third-order valence-electron chi connectivity index (χ3n) is 4.63. The number of nitrogens with one attached hydrogen (secondary N) is 1. The first kappa shape index (κ1) is 16.0. The monoisotopic (exact) mass is 358 g/mol. The lowest BCUT2D eigenvalue weighted by Crippen LogP contribution is -2.39. The first-order valence-electron chi connectivity index (χ1n) is 8.22. The zero-order valence-corrected chi connectivity index (χ0v) is 14.3. The summed E-state index contributed by atoms with van der Waals surface area (Å²) < 4.78 is 1.11. The number of carbonyl (C=O) groups is 2. The van der Waals surface area contributed by atoms with Crippen LogP contribution in [0.25, 0.3) is 10.1 Å². The molecule has 0 bridgehead atoms. The molecule has 2 amide bonds. The Kier molecular flexibility index (Phi) is 4.14. The van der Waals surface area contributed by atoms with Gasteiger partial charge >= 0.3 is 0 Å². The van der Waals surface area contributed by atoms with Gasteiger partial charge in [-0.25, -0.2) is 5.48 Å². The van der Waals surface area contributed by atoms with Gasteiger partial charge in [-0.1, -0.05) is 18.2 Å². The molecular formula is C17H18N4O3S. The highest BCUT2D eigenvalue weighted by molar-refractivity contribution is 7.20. The van der Waals surface area contributed by atoms with E-state index in [0.29, 0.717) is 31.8 Å². The Bertz CT molecular complexity index is 829. The van der Waals surface area contributed by atoms with Crippen LogP contribution in [0.1, 0.15) is 22.5 Å². The second-order valence-corrected chi connectivity index (χ2v) is 7.35. The summed E-state index contributed by atoms with van der Waals surface area (Å²) in [5, 5.41) is 16.0. The number of rotatable bonds is 2. The van der Waals surface area contributed by atoms with Crippen molar-refractivity contribution >= 4 is 38.9 Å². The number of benzene rings is 1. The van der Waals surface area contributed by atoms with Crippen LogP contribution in [0.15, 0.2) is 35.4 Å². The highest BCUT2D eigenvalue weighted by atomic mass is 32.1. The average Bonchev–Trinajstić information content (AvgIpc) is 3.19. The number of fused-ring (bicyclic) bond motifs is 2. The molecule has 1 aromatic heterocycles. The largest absolute Gasteiger partial charge is 0.336 e. The minimum absolute atomic E-state index is 0.0203. The van der Waals surface area contributed by atoms with Crippen molar-refractivity contribution in [2.24, 2.45) is 5.10 Å². The van der Waals surface area contributed by atoms with E-state index < -0.39 is 5.91 Å². The molecule has 2 aromatic rings. The summed E-state index contributed by atoms with van der Waals surface area (Å²) in [5.74, 6) is -0.543. The Hall–Kier alpha value is -2.45. The van der Waals surface area contributed by atoms with Gasteiger partial charge in [-0.2, -0.15) is 5.10 Å². The van der Waals surface area contributed by atoms with E-state index in [0.717, 1.165) is 21.4 Å². The first-order chi connectivity index (χ1) is 12.2. The van der Waals surface area contributed by atoms with Gasteiger partial charge in [-0.15, -0.1) is 11.3 Å². The van der Waals surface area contributed by atoms with Crippen molar-refractivity contribution in [3.63, 3.8) is 0 Å². The highest BCUT2D eigenvalue weighted by Gasteiger charge is 2.34. The second-order valence-electron chi connectivity index (χ2n) is 6.26. The summed E-state index contributed by atoms with van der Waals surface area (Å²) in [6.45, 7) is 1.90. The molecule has 3 heterocycles. The fourth-order valence-corrected chi connectivity index (χ4v) is 4.43. The number of nitrogens with zero attached hydrogens (tertiary/aromatic N) is 3. The Morgan fingerprint density at radius 3 is 2.92 bits per heavy atom. The standard InChI is InChI=1S/C17H18N4O3S/c22-16(19-24)13-9-12-10-20(6-3-7-21(12)18-13)17(23)15-8-11-4-1-2-5-14(11)25-15/h1-2,4-5,8,12,24H,3,6-7,9-10H2,(H,19,22). The van der Waals surface area contributed by atoms with E-state index in [2.05, 4.69) is 5.10 Å². The van der Waals surface area contributed by atoms with Crippen molar-refractivity contribution < 1.29 is 14.8 Å². The predicted molar refractivity (Wildman–Crippen MR) is 94.8 cm³/mol. The van der Waals surface area contributed by atoms with Gasteiger partial charge in [-0.3, -0.25) is 19.8 Å². The molecule has 7 nitrogen and oxygen atoms in total. The maximum atomic E-state index is 12.9. The van der Waals surface area contributed by atoms with Crippen molar-refractivity contribution in [1.29, 1.82) is 0 Å². The lowest BCUT2D eigenvalue weighted by molar-refractivity contribution is -0.122. The molecule has 2 N–H and O–H groups in total. The minimum atomic E-state index is -0.574. The average molecular weight is 358 g/mol. The Morgan fingerprint density at radius 2 is 2.12 bits per heavy atom. The van der Waals surface area contributed by atoms with Crippen LogP contribution in [0, 0.1) is 0 Å². The molecule has 2 aliphatic rings. The molecule has 1 aromatic carbocycles. The van der Waals surface area contributed by atoms with Gasteiger partial charge in [0.15, 0.2) is 0 Å². The quantitative estimate of drug-likeness (QED) is 0.632. The Morgan fingerprint density at radius 1 is 1.28 bits per heavy atom. The Labute approximate surface area is 148 Å². The van der Waals surface area contributed by atoms with E-state index in [1.54, 1.807) is 5.48 Å². The molecule has 8 heteroatoms. The molecular weight excluding hydrogens is 340 g/mol. The molecule has 1 unspecified atom stereocenters. The number of hydrogen-bond donors (Lipinski definition) is 2. The second kappa shape index (κ2) is 6.45. The van der Waals surface area contributed by atoms with Crippen LogP contribution in [0.2, 0.25) is 0 Å². The summed E-state index contributed by atoms with van der Waals surface area (Å²) in [4.78, 5) is 27.1. The molecule has 25 heavy (non-hydrogen) atoms. The van der Waals surface area contributed by atoms with Gasteiger partial charge in [-0.05, 0) is 23.9 Å². The molecule has 4 rings (SSSR count). The topological polar surface area (TPSA) is 85.2 Å². The van der Waals surface area contributed by atoms with Crippen LogP contribution in [0.5, 0.6) is 0 Å². The third kappa shape index (κ3) is 2.98. The number of hydrazone groups is 1. The number of amides is 2. The van der Waals surface area contributed by atoms with Crippen LogP contribution < -0.4 is 5.48 Å². The molecule has 130 valence electrons. The third-order valence-corrected chi connectivity index (χ3v) is 5.74. The van der Waals surface area contributed by atoms with Gasteiger partial charge < -0.3 is 4.90 Å². The normalized spacial score (nSPS) is 20.2. The van der Waals surface area contributed by atoms with E-state index in [1.165, 1.54) is 11.3 Å². The SMILES string of the molecule is O=C(NO)C1=NN2CCCN(C(=O)c3cc4ccccc4s3)CC2C1. The maximum absolute atomic E-state index is 12.9. The fraction of sp³-hybridized carbons (Fsp3) is 0.353. The van der Waals surface area contributed by atoms with Crippen LogP contribution >= 0.6 is 11.3 Å². The van der Waals surface area contributed by atoms with E-state index in [9.17, 15) is 9.59 Å². The van der Waals surface area contributed by atoms with Gasteiger partial charge in [0.05, 0.1) is 10.9 Å². The summed E-state index contributed by atoms with van der Waals surface area (Å²) in [5.41, 5.74) is 1.94. The van der Waals surface area contributed by atoms with Gasteiger partial charge in [0, 0.05) is 30.8 Å². The minimum Gasteiger partial charge on any atom is -0.336 e. The van der Waals surface area contributed by atoms with Gasteiger partial charge in [0.1, 0.15) is 5.71 Å². The molecule has 0 saturated carbocycles. The van der Waals surface area contributed by atoms with Gasteiger partial charge in [0.25, 0.3) is 11.8 Å². The lowest BCUT2D eigenvalue weighted by Gasteiger charge is -2.24. The smallest absolute Gasteiger partial charge is 0.290 e. The molecule has 0 spiro atoms. The molecule has 1 atom stereocenters. The number of hydroxylamine groups is 1. The van der Waals surface area contributed by atoms with E-state index >= 15 is 0 Å². The summed E-state index contributed by atoms with van der Waals surface area (Å²) in [7, 11) is 0. The number of carbonyl (C=O) groups excluding carboxylic acids is 2. The Balaban J connectivity index is 1.52. The van der Waals surface area contributed by atoms with Crippen LogP contribution in [-0.2, 0) is 4.79 Å². The number of hydrogen-bond acceptors (Lipinski definition) is 6. The summed E-state index contributed by atoms with van der Waals surface area (Å²) >= 11 is 1.51. The zero-order valence-electron chi connectivity index (χ0n) is 13.5. The van der Waals surface area contributed by atoms with Crippen molar-refractivity contribution in [3.8, 4) is 0 Å². The van der Waals surface area contributed by atoms with Crippen molar-refractivity contribution in [2.75, 3.05) is 19.6 Å². The van der Waals surface area contributed by atoms with Crippen molar-refractivity contribution in [2.45, 2.75) is 18.9 Å². The first-order valence-corrected chi connectivity index (χ1v) is 9.04. The molecule has 2 aliphatic heterocycles. The molecule has 1 fully saturated rings. The van der Waals surface area contributed by atoms with Crippen molar-refractivity contribution in [3.05, 3.63) is 35.2 Å². The highest BCUT2D eigenvalue weighted by Crippen LogP contribution is 2.28. The summed E-state index contributed by atoms with van der Waals surface area (Å²) in [6.07, 6.45) is 1.23. The van der Waals surface area contributed by atoms with Gasteiger partial charge in [0.2, 0.25) is 0 Å². The van der Waals surface area contributed by atoms with E-state index in [4.69, 9.17) is 5.21 Å². The number of thiophene rings is 1. The van der Waals surface area contributed by atoms with Crippen LogP contribution in [-0.4, -0.2) is 58.3 Å². The molecule has 1 saturated heterocycles. The van der Waals surface area contributed by atoms with E-state index in [-0.39, 0.29) is 11.9 Å². The predicted octanol–water partition coefficient (Wildman–Crippen LogP) is 1.68. The van der Waals surface area contributed by atoms with Crippen molar-refractivity contribution in [1.82, 2.24) is 15.4 Å². The lowest BCUT2D eigenvalue weighted by atomic mass is 10.1.